The largest absolute Gasteiger partial charge is 0.484 e. The molecule has 0 amide bonds. The normalized spacial score (nSPS) is 17.3. The third-order valence-electron chi connectivity index (χ3n) is 4.17. The van der Waals surface area contributed by atoms with Gasteiger partial charge in [0.15, 0.2) is 22.4 Å². The molecule has 2 rings (SSSR count). The molecule has 0 aromatic heterocycles. The Labute approximate surface area is 186 Å². The van der Waals surface area contributed by atoms with Crippen molar-refractivity contribution in [2.24, 2.45) is 4.99 Å². The van der Waals surface area contributed by atoms with Gasteiger partial charge >= 0.3 is 6.18 Å². The minimum atomic E-state index is -4.36. The second-order valence-corrected chi connectivity index (χ2v) is 8.70. The van der Waals surface area contributed by atoms with E-state index < -0.39 is 22.6 Å². The van der Waals surface area contributed by atoms with Crippen LogP contribution >= 0.6 is 24.0 Å². The molecule has 0 aliphatic carbocycles. The minimum Gasteiger partial charge on any atom is -0.484 e. The summed E-state index contributed by atoms with van der Waals surface area (Å²) < 4.78 is 63.9. The highest BCUT2D eigenvalue weighted by molar-refractivity contribution is 14.0. The molecule has 0 spiro atoms. The number of sulfone groups is 1. The number of rotatable bonds is 7. The molecule has 1 fully saturated rings. The van der Waals surface area contributed by atoms with Crippen LogP contribution in [0.3, 0.4) is 0 Å². The Hall–Kier alpha value is -1.28. The van der Waals surface area contributed by atoms with E-state index in [-0.39, 0.29) is 41.2 Å². The number of ether oxygens (including phenoxy) is 1. The van der Waals surface area contributed by atoms with Crippen molar-refractivity contribution in [3.05, 3.63) is 29.8 Å². The number of benzene rings is 1. The summed E-state index contributed by atoms with van der Waals surface area (Å²) in [7, 11) is -1.24. The SMILES string of the molecule is CN=C(NCCN1CCS(=O)(=O)CC1)NCc1ccc(OCC(F)(F)F)cc1.I. The van der Waals surface area contributed by atoms with Gasteiger partial charge in [0, 0.05) is 39.8 Å². The third kappa shape index (κ3) is 10.3. The van der Waals surface area contributed by atoms with Crippen LogP contribution in [0.1, 0.15) is 5.56 Å². The van der Waals surface area contributed by atoms with E-state index in [0.29, 0.717) is 38.7 Å². The van der Waals surface area contributed by atoms with Gasteiger partial charge in [-0.15, -0.1) is 24.0 Å². The highest BCUT2D eigenvalue weighted by atomic mass is 127. The zero-order chi connectivity index (χ0) is 20.6. The van der Waals surface area contributed by atoms with Crippen LogP contribution in [-0.2, 0) is 16.4 Å². The molecule has 0 unspecified atom stereocenters. The van der Waals surface area contributed by atoms with Gasteiger partial charge in [-0.05, 0) is 17.7 Å². The predicted molar refractivity (Wildman–Crippen MR) is 117 cm³/mol. The second-order valence-electron chi connectivity index (χ2n) is 6.39. The molecule has 1 aliphatic heterocycles. The van der Waals surface area contributed by atoms with Crippen LogP contribution in [-0.4, -0.2) is 76.8 Å². The molecule has 12 heteroatoms. The number of hydrogen-bond acceptors (Lipinski definition) is 5. The smallest absolute Gasteiger partial charge is 0.422 e. The molecule has 2 N–H and O–H groups in total. The van der Waals surface area contributed by atoms with E-state index >= 15 is 0 Å². The molecule has 1 saturated heterocycles. The molecular weight excluding hydrogens is 524 g/mol. The van der Waals surface area contributed by atoms with Crippen LogP contribution in [0.15, 0.2) is 29.3 Å². The summed E-state index contributed by atoms with van der Waals surface area (Å²) in [5.41, 5.74) is 0.864. The monoisotopic (exact) mass is 550 g/mol. The van der Waals surface area contributed by atoms with Crippen LogP contribution in [0.4, 0.5) is 13.2 Å². The standard InChI is InChI=1S/C17H25F3N4O3S.HI/c1-21-16(22-6-7-24-8-10-28(25,26)11-9-24)23-12-14-2-4-15(5-3-14)27-13-17(18,19)20;/h2-5H,6-13H2,1H3,(H2,21,22,23);1H. The molecular formula is C17H26F3IN4O3S. The van der Waals surface area contributed by atoms with E-state index in [2.05, 4.69) is 25.3 Å². The molecule has 1 aliphatic rings. The highest BCUT2D eigenvalue weighted by Gasteiger charge is 2.28. The van der Waals surface area contributed by atoms with E-state index in [1.165, 1.54) is 12.1 Å². The van der Waals surface area contributed by atoms with Gasteiger partial charge in [-0.3, -0.25) is 9.89 Å². The van der Waals surface area contributed by atoms with Gasteiger partial charge in [-0.2, -0.15) is 13.2 Å². The maximum Gasteiger partial charge on any atom is 0.422 e. The van der Waals surface area contributed by atoms with Crippen molar-refractivity contribution >= 4 is 39.8 Å². The fourth-order valence-electron chi connectivity index (χ4n) is 2.58. The molecule has 7 nitrogen and oxygen atoms in total. The lowest BCUT2D eigenvalue weighted by molar-refractivity contribution is -0.153. The number of guanidine groups is 1. The fourth-order valence-corrected chi connectivity index (χ4v) is 3.86. The van der Waals surface area contributed by atoms with Gasteiger partial charge in [0.05, 0.1) is 11.5 Å². The second kappa shape index (κ2) is 11.8. The van der Waals surface area contributed by atoms with Crippen LogP contribution in [0.5, 0.6) is 5.75 Å². The maximum absolute atomic E-state index is 12.1. The average molecular weight is 550 g/mol. The van der Waals surface area contributed by atoms with Gasteiger partial charge in [0.1, 0.15) is 5.75 Å². The lowest BCUT2D eigenvalue weighted by Gasteiger charge is -2.26. The van der Waals surface area contributed by atoms with E-state index in [9.17, 15) is 21.6 Å². The van der Waals surface area contributed by atoms with Gasteiger partial charge in [-0.25, -0.2) is 8.42 Å². The van der Waals surface area contributed by atoms with Crippen molar-refractivity contribution in [3.63, 3.8) is 0 Å². The maximum atomic E-state index is 12.1. The first-order valence-electron chi connectivity index (χ1n) is 8.83. The van der Waals surface area contributed by atoms with Gasteiger partial charge < -0.3 is 15.4 Å². The van der Waals surface area contributed by atoms with Crippen LogP contribution < -0.4 is 15.4 Å². The summed E-state index contributed by atoms with van der Waals surface area (Å²) in [5.74, 6) is 1.14. The van der Waals surface area contributed by atoms with Crippen molar-refractivity contribution < 1.29 is 26.3 Å². The molecule has 1 aromatic rings. The van der Waals surface area contributed by atoms with Crippen molar-refractivity contribution in [3.8, 4) is 5.75 Å². The zero-order valence-electron chi connectivity index (χ0n) is 16.0. The Bertz CT molecular complexity index is 744. The molecule has 1 heterocycles. The van der Waals surface area contributed by atoms with Gasteiger partial charge in [0.25, 0.3) is 0 Å². The van der Waals surface area contributed by atoms with E-state index in [0.717, 1.165) is 5.56 Å². The number of hydrogen-bond donors (Lipinski definition) is 2. The van der Waals surface area contributed by atoms with Crippen molar-refractivity contribution in [1.29, 1.82) is 0 Å². The molecule has 0 radical (unpaired) electrons. The molecule has 29 heavy (non-hydrogen) atoms. The molecule has 1 aromatic carbocycles. The average Bonchev–Trinajstić information content (AvgIpc) is 2.64. The first-order valence-corrected chi connectivity index (χ1v) is 10.6. The number of nitrogens with one attached hydrogen (secondary N) is 2. The number of nitrogens with zero attached hydrogens (tertiary/aromatic N) is 2. The Morgan fingerprint density at radius 1 is 1.17 bits per heavy atom. The number of aliphatic imine (C=N–C) groups is 1. The summed E-state index contributed by atoms with van der Waals surface area (Å²) in [6.07, 6.45) is -4.36. The molecule has 0 saturated carbocycles. The quantitative estimate of drug-likeness (QED) is 0.306. The first kappa shape index (κ1) is 25.8. The first-order chi connectivity index (χ1) is 13.2. The topological polar surface area (TPSA) is 83.0 Å². The van der Waals surface area contributed by atoms with Crippen molar-refractivity contribution in [2.75, 3.05) is 51.3 Å². The Kier molecular flexibility index (Phi) is 10.5. The zero-order valence-corrected chi connectivity index (χ0v) is 19.2. The van der Waals surface area contributed by atoms with Gasteiger partial charge in [0.2, 0.25) is 0 Å². The van der Waals surface area contributed by atoms with Crippen molar-refractivity contribution in [1.82, 2.24) is 15.5 Å². The van der Waals surface area contributed by atoms with E-state index in [1.54, 1.807) is 19.2 Å². The molecule has 0 bridgehead atoms. The summed E-state index contributed by atoms with van der Waals surface area (Å²) in [5, 5.41) is 6.27. The third-order valence-corrected chi connectivity index (χ3v) is 5.78. The van der Waals surface area contributed by atoms with Crippen LogP contribution in [0.25, 0.3) is 0 Å². The van der Waals surface area contributed by atoms with E-state index in [4.69, 9.17) is 0 Å². The summed E-state index contributed by atoms with van der Waals surface area (Å²) in [6, 6.07) is 6.34. The van der Waals surface area contributed by atoms with Crippen LogP contribution in [0.2, 0.25) is 0 Å². The van der Waals surface area contributed by atoms with Crippen molar-refractivity contribution in [2.45, 2.75) is 12.7 Å². The number of halogens is 4. The summed E-state index contributed by atoms with van der Waals surface area (Å²) in [6.45, 7) is 1.54. The lowest BCUT2D eigenvalue weighted by Crippen LogP contribution is -2.45. The Balaban J connectivity index is 0.00000420. The minimum absolute atomic E-state index is 0. The number of alkyl halides is 3. The molecule has 166 valence electrons. The fraction of sp³-hybridized carbons (Fsp3) is 0.588. The summed E-state index contributed by atoms with van der Waals surface area (Å²) >= 11 is 0. The molecule has 0 atom stereocenters. The van der Waals surface area contributed by atoms with Gasteiger partial charge in [-0.1, -0.05) is 12.1 Å². The lowest BCUT2D eigenvalue weighted by atomic mass is 10.2. The summed E-state index contributed by atoms with van der Waals surface area (Å²) in [4.78, 5) is 6.20. The van der Waals surface area contributed by atoms with Crippen LogP contribution in [0, 0.1) is 0 Å². The Morgan fingerprint density at radius 3 is 2.34 bits per heavy atom. The Morgan fingerprint density at radius 2 is 1.79 bits per heavy atom. The van der Waals surface area contributed by atoms with E-state index in [1.807, 2.05) is 0 Å². The predicted octanol–water partition coefficient (Wildman–Crippen LogP) is 1.64. The highest BCUT2D eigenvalue weighted by Crippen LogP contribution is 2.18.